The third kappa shape index (κ3) is 4.56. The van der Waals surface area contributed by atoms with Gasteiger partial charge in [0.25, 0.3) is 0 Å². The van der Waals surface area contributed by atoms with Gasteiger partial charge in [0.05, 0.1) is 11.7 Å². The molecule has 1 atom stereocenters. The summed E-state index contributed by atoms with van der Waals surface area (Å²) in [5.41, 5.74) is 8.43. The molecular weight excluding hydrogens is 458 g/mol. The van der Waals surface area contributed by atoms with Gasteiger partial charge in [-0.25, -0.2) is 0 Å². The molecule has 37 heavy (non-hydrogen) atoms. The molecule has 0 spiro atoms. The van der Waals surface area contributed by atoms with Crippen LogP contribution in [0.2, 0.25) is 0 Å². The summed E-state index contributed by atoms with van der Waals surface area (Å²) < 4.78 is 1.95. The van der Waals surface area contributed by atoms with E-state index < -0.39 is 0 Å². The molecule has 1 N–H and O–H groups in total. The molecule has 5 aromatic rings. The molecular formula is C30H33N7. The zero-order valence-corrected chi connectivity index (χ0v) is 21.7. The maximum Gasteiger partial charge on any atom is 0.178 e. The first-order valence-corrected chi connectivity index (χ1v) is 13.0. The van der Waals surface area contributed by atoms with Crippen LogP contribution < -0.4 is 0 Å². The Balaban J connectivity index is 1.30. The van der Waals surface area contributed by atoms with Crippen LogP contribution in [0.5, 0.6) is 0 Å². The first-order chi connectivity index (χ1) is 18.1. The van der Waals surface area contributed by atoms with Crippen molar-refractivity contribution in [3.8, 4) is 5.69 Å². The highest BCUT2D eigenvalue weighted by molar-refractivity contribution is 5.82. The molecule has 0 aliphatic carbocycles. The average Bonchev–Trinajstić information content (AvgIpc) is 3.53. The molecule has 188 valence electrons. The summed E-state index contributed by atoms with van der Waals surface area (Å²) in [6.07, 6.45) is 2.16. The van der Waals surface area contributed by atoms with Gasteiger partial charge in [0, 0.05) is 49.8 Å². The number of para-hydroxylation sites is 2. The number of hydrogen-bond acceptors (Lipinski definition) is 5. The van der Waals surface area contributed by atoms with Gasteiger partial charge in [0.1, 0.15) is 0 Å². The van der Waals surface area contributed by atoms with Crippen molar-refractivity contribution >= 4 is 10.9 Å². The summed E-state index contributed by atoms with van der Waals surface area (Å²) in [6, 6.07) is 23.6. The minimum absolute atomic E-state index is 0.0239. The van der Waals surface area contributed by atoms with Crippen molar-refractivity contribution in [2.24, 2.45) is 0 Å². The van der Waals surface area contributed by atoms with E-state index in [4.69, 9.17) is 0 Å². The minimum Gasteiger partial charge on any atom is -0.361 e. The quantitative estimate of drug-likeness (QED) is 0.363. The van der Waals surface area contributed by atoms with Gasteiger partial charge in [-0.3, -0.25) is 9.80 Å². The maximum absolute atomic E-state index is 4.61. The third-order valence-corrected chi connectivity index (χ3v) is 7.59. The Hall–Kier alpha value is -3.81. The summed E-state index contributed by atoms with van der Waals surface area (Å²) in [4.78, 5) is 8.51. The van der Waals surface area contributed by atoms with E-state index in [2.05, 4.69) is 124 Å². The molecule has 2 aromatic heterocycles. The largest absolute Gasteiger partial charge is 0.361 e. The van der Waals surface area contributed by atoms with Gasteiger partial charge >= 0.3 is 0 Å². The van der Waals surface area contributed by atoms with E-state index in [1.807, 2.05) is 4.68 Å². The molecule has 3 aromatic carbocycles. The van der Waals surface area contributed by atoms with E-state index in [0.29, 0.717) is 0 Å². The minimum atomic E-state index is -0.0239. The van der Waals surface area contributed by atoms with Crippen molar-refractivity contribution in [1.29, 1.82) is 0 Å². The number of aryl methyl sites for hydroxylation is 3. The van der Waals surface area contributed by atoms with Crippen molar-refractivity contribution in [2.45, 2.75) is 33.4 Å². The normalized spacial score (nSPS) is 15.9. The van der Waals surface area contributed by atoms with E-state index in [9.17, 15) is 0 Å². The highest BCUT2D eigenvalue weighted by atomic mass is 15.6. The van der Waals surface area contributed by atoms with Crippen molar-refractivity contribution in [1.82, 2.24) is 35.0 Å². The number of nitrogens with zero attached hydrogens (tertiary/aromatic N) is 6. The number of nitrogens with one attached hydrogen (secondary N) is 1. The van der Waals surface area contributed by atoms with E-state index in [0.717, 1.165) is 44.2 Å². The Morgan fingerprint density at radius 3 is 2.41 bits per heavy atom. The lowest BCUT2D eigenvalue weighted by Crippen LogP contribution is -2.47. The number of fused-ring (bicyclic) bond motifs is 1. The van der Waals surface area contributed by atoms with Crippen LogP contribution in [0.1, 0.15) is 39.7 Å². The smallest absolute Gasteiger partial charge is 0.178 e. The Labute approximate surface area is 217 Å². The fourth-order valence-electron chi connectivity index (χ4n) is 5.71. The van der Waals surface area contributed by atoms with E-state index >= 15 is 0 Å². The lowest BCUT2D eigenvalue weighted by molar-refractivity contribution is 0.101. The van der Waals surface area contributed by atoms with Crippen LogP contribution in [0.15, 0.2) is 72.9 Å². The molecule has 0 amide bonds. The van der Waals surface area contributed by atoms with Gasteiger partial charge in [0.2, 0.25) is 0 Å². The highest BCUT2D eigenvalue weighted by Crippen LogP contribution is 2.31. The van der Waals surface area contributed by atoms with Gasteiger partial charge in [-0.05, 0) is 59.5 Å². The Kier molecular flexibility index (Phi) is 6.32. The van der Waals surface area contributed by atoms with Crippen LogP contribution in [0.4, 0.5) is 0 Å². The van der Waals surface area contributed by atoms with Crippen molar-refractivity contribution in [2.75, 3.05) is 26.2 Å². The van der Waals surface area contributed by atoms with Gasteiger partial charge in [-0.15, -0.1) is 5.10 Å². The first-order valence-electron chi connectivity index (χ1n) is 13.0. The maximum atomic E-state index is 4.61. The summed E-state index contributed by atoms with van der Waals surface area (Å²) in [5, 5.41) is 14.6. The van der Waals surface area contributed by atoms with Crippen LogP contribution in [0, 0.1) is 20.8 Å². The van der Waals surface area contributed by atoms with Crippen LogP contribution >= 0.6 is 0 Å². The monoisotopic (exact) mass is 491 g/mol. The van der Waals surface area contributed by atoms with Crippen LogP contribution in [0.3, 0.4) is 0 Å². The number of aromatic amines is 1. The van der Waals surface area contributed by atoms with Gasteiger partial charge in [-0.2, -0.15) is 4.68 Å². The second-order valence-corrected chi connectivity index (χ2v) is 10.2. The topological polar surface area (TPSA) is 65.9 Å². The Morgan fingerprint density at radius 2 is 1.62 bits per heavy atom. The predicted molar refractivity (Wildman–Crippen MR) is 147 cm³/mol. The molecule has 1 saturated heterocycles. The Bertz CT molecular complexity index is 1500. The zero-order chi connectivity index (χ0) is 25.4. The van der Waals surface area contributed by atoms with Crippen LogP contribution in [-0.2, 0) is 6.54 Å². The van der Waals surface area contributed by atoms with Gasteiger partial charge < -0.3 is 4.98 Å². The molecule has 0 bridgehead atoms. The number of piperazine rings is 1. The van der Waals surface area contributed by atoms with E-state index in [1.54, 1.807) is 0 Å². The number of rotatable bonds is 6. The number of tetrazole rings is 1. The highest BCUT2D eigenvalue weighted by Gasteiger charge is 2.31. The van der Waals surface area contributed by atoms with Crippen molar-refractivity contribution < 1.29 is 0 Å². The SMILES string of the molecule is Cc1cccc([C@@H](c2nnnn2-c2c(C)cccc2C)N2CCN(Cc3c[nH]c4ccccc34)CC2)c1. The van der Waals surface area contributed by atoms with Crippen LogP contribution in [-0.4, -0.2) is 61.2 Å². The predicted octanol–water partition coefficient (Wildman–Crippen LogP) is 4.98. The van der Waals surface area contributed by atoms with Gasteiger partial charge in [0.15, 0.2) is 5.82 Å². The van der Waals surface area contributed by atoms with Gasteiger partial charge in [-0.1, -0.05) is 66.2 Å². The lowest BCUT2D eigenvalue weighted by Gasteiger charge is -2.39. The van der Waals surface area contributed by atoms with Crippen molar-refractivity contribution in [3.63, 3.8) is 0 Å². The molecule has 1 fully saturated rings. The molecule has 0 saturated carbocycles. The standard InChI is InChI=1S/C30H33N7/c1-21-8-6-11-24(18-21)29(30-32-33-34-37(30)28-22(2)9-7-10-23(28)3)36-16-14-35(15-17-36)20-25-19-31-27-13-5-4-12-26(25)27/h4-13,18-19,29,31H,14-17,20H2,1-3H3/t29-/m0/s1. The molecule has 0 unspecified atom stereocenters. The Morgan fingerprint density at radius 1 is 0.865 bits per heavy atom. The molecule has 7 heteroatoms. The molecule has 7 nitrogen and oxygen atoms in total. The number of aromatic nitrogens is 5. The average molecular weight is 492 g/mol. The third-order valence-electron chi connectivity index (χ3n) is 7.59. The summed E-state index contributed by atoms with van der Waals surface area (Å²) in [6.45, 7) is 11.2. The molecule has 1 aliphatic rings. The fraction of sp³-hybridized carbons (Fsp3) is 0.300. The van der Waals surface area contributed by atoms with Crippen LogP contribution in [0.25, 0.3) is 16.6 Å². The second kappa shape index (κ2) is 9.92. The molecule has 6 rings (SSSR count). The summed E-state index contributed by atoms with van der Waals surface area (Å²) in [5.74, 6) is 0.869. The first kappa shape index (κ1) is 23.6. The molecule has 3 heterocycles. The van der Waals surface area contributed by atoms with Crippen molar-refractivity contribution in [3.05, 3.63) is 107 Å². The number of hydrogen-bond donors (Lipinski definition) is 1. The van der Waals surface area contributed by atoms with E-state index in [1.165, 1.54) is 38.7 Å². The number of H-pyrrole nitrogens is 1. The molecule has 1 aliphatic heterocycles. The summed E-state index contributed by atoms with van der Waals surface area (Å²) in [7, 11) is 0. The molecule has 0 radical (unpaired) electrons. The van der Waals surface area contributed by atoms with E-state index in [-0.39, 0.29) is 6.04 Å². The fourth-order valence-corrected chi connectivity index (χ4v) is 5.71. The second-order valence-electron chi connectivity index (χ2n) is 10.2. The summed E-state index contributed by atoms with van der Waals surface area (Å²) >= 11 is 0. The lowest BCUT2D eigenvalue weighted by atomic mass is 10.0. The number of benzene rings is 3. The zero-order valence-electron chi connectivity index (χ0n) is 21.7.